The van der Waals surface area contributed by atoms with Crippen LogP contribution in [-0.4, -0.2) is 19.6 Å². The molecule has 0 spiro atoms. The van der Waals surface area contributed by atoms with Crippen molar-refractivity contribution in [3.8, 4) is 0 Å². The number of hydrogen-bond acceptors (Lipinski definition) is 3. The normalized spacial score (nSPS) is 13.3. The van der Waals surface area contributed by atoms with Crippen LogP contribution >= 0.6 is 0 Å². The quantitative estimate of drug-likeness (QED) is 0.306. The van der Waals surface area contributed by atoms with Gasteiger partial charge in [0.1, 0.15) is 0 Å². The van der Waals surface area contributed by atoms with E-state index in [1.54, 1.807) is 30.3 Å². The minimum atomic E-state index is -3.57. The Hall–Kier alpha value is -1.91. The lowest BCUT2D eigenvalue weighted by Crippen LogP contribution is -2.14. The average molecular weight is 443 g/mol. The van der Waals surface area contributed by atoms with Crippen LogP contribution < -0.4 is 0 Å². The fourth-order valence-electron chi connectivity index (χ4n) is 3.78. The largest absolute Gasteiger partial charge is 0.389 e. The Morgan fingerprint density at radius 2 is 1.39 bits per heavy atom. The highest BCUT2D eigenvalue weighted by molar-refractivity contribution is 7.94. The van der Waals surface area contributed by atoms with Crippen LogP contribution in [0.2, 0.25) is 0 Å². The molecule has 0 saturated heterocycles. The summed E-state index contributed by atoms with van der Waals surface area (Å²) in [7, 11) is -3.57. The van der Waals surface area contributed by atoms with Crippen molar-refractivity contribution in [3.05, 3.63) is 77.2 Å². The van der Waals surface area contributed by atoms with E-state index < -0.39 is 15.9 Å². The summed E-state index contributed by atoms with van der Waals surface area (Å²) in [4.78, 5) is 0.277. The molecule has 3 nitrogen and oxygen atoms in total. The fourth-order valence-corrected chi connectivity index (χ4v) is 5.12. The third kappa shape index (κ3) is 9.84. The van der Waals surface area contributed by atoms with E-state index >= 15 is 0 Å². The Balaban J connectivity index is 1.99. The second kappa shape index (κ2) is 14.2. The van der Waals surface area contributed by atoms with Crippen molar-refractivity contribution in [2.45, 2.75) is 88.6 Å². The highest BCUT2D eigenvalue weighted by Gasteiger charge is 2.17. The van der Waals surface area contributed by atoms with Crippen LogP contribution in [0.1, 0.15) is 76.7 Å². The molecule has 0 aliphatic heterocycles. The molecule has 0 saturated carbocycles. The molecule has 31 heavy (non-hydrogen) atoms. The molecular weight excluding hydrogens is 404 g/mol. The lowest BCUT2D eigenvalue weighted by molar-refractivity contribution is 0.196. The smallest absolute Gasteiger partial charge is 0.199 e. The summed E-state index contributed by atoms with van der Waals surface area (Å²) in [6, 6.07) is 18.5. The number of aliphatic hydroxyl groups excluding tert-OH is 1. The zero-order valence-corrected chi connectivity index (χ0v) is 19.7. The molecule has 1 N–H and O–H groups in total. The molecule has 170 valence electrons. The molecule has 0 aromatic heterocycles. The fraction of sp³-hybridized carbons (Fsp3) is 0.481. The maximum Gasteiger partial charge on any atom is 0.199 e. The van der Waals surface area contributed by atoms with Gasteiger partial charge >= 0.3 is 0 Å². The standard InChI is InChI=1S/C27H38O3S/c1-2-3-4-5-6-7-8-13-18-25(23-31(29,30)26-19-14-10-15-20-26)27(28)22-21-24-16-11-9-12-17-24/h9-12,14-17,19-20,23,27-28H,2-8,13,18,21-22H2,1H3. The van der Waals surface area contributed by atoms with E-state index in [2.05, 4.69) is 6.92 Å². The van der Waals surface area contributed by atoms with E-state index in [1.807, 2.05) is 30.3 Å². The van der Waals surface area contributed by atoms with E-state index in [9.17, 15) is 13.5 Å². The van der Waals surface area contributed by atoms with Crippen molar-refractivity contribution < 1.29 is 13.5 Å². The lowest BCUT2D eigenvalue weighted by Gasteiger charge is -2.16. The van der Waals surface area contributed by atoms with Gasteiger partial charge in [-0.25, -0.2) is 8.42 Å². The van der Waals surface area contributed by atoms with E-state index in [0.717, 1.165) is 24.8 Å². The molecule has 1 atom stereocenters. The first-order valence-corrected chi connectivity index (χ1v) is 13.3. The molecule has 2 aromatic carbocycles. The Labute approximate surface area is 189 Å². The van der Waals surface area contributed by atoms with E-state index in [1.165, 1.54) is 43.9 Å². The van der Waals surface area contributed by atoms with Crippen molar-refractivity contribution >= 4 is 9.84 Å². The third-order valence-electron chi connectivity index (χ3n) is 5.67. The zero-order valence-electron chi connectivity index (χ0n) is 18.9. The Morgan fingerprint density at radius 3 is 2.00 bits per heavy atom. The minimum Gasteiger partial charge on any atom is -0.389 e. The van der Waals surface area contributed by atoms with Gasteiger partial charge in [0.05, 0.1) is 11.0 Å². The number of rotatable bonds is 15. The van der Waals surface area contributed by atoms with Gasteiger partial charge in [0, 0.05) is 5.41 Å². The number of unbranched alkanes of at least 4 members (excludes halogenated alkanes) is 7. The van der Waals surface area contributed by atoms with Crippen LogP contribution in [0.5, 0.6) is 0 Å². The zero-order chi connectivity index (χ0) is 22.4. The molecule has 2 aromatic rings. The van der Waals surface area contributed by atoms with Crippen LogP contribution in [0.25, 0.3) is 0 Å². The summed E-state index contributed by atoms with van der Waals surface area (Å²) >= 11 is 0. The summed E-state index contributed by atoms with van der Waals surface area (Å²) in [5.74, 6) is 0. The Kier molecular flexibility index (Phi) is 11.6. The number of aliphatic hydroxyl groups is 1. The van der Waals surface area contributed by atoms with Crippen LogP contribution in [0.15, 0.2) is 76.5 Å². The summed E-state index contributed by atoms with van der Waals surface area (Å²) in [6.45, 7) is 2.22. The number of hydrogen-bond donors (Lipinski definition) is 1. The highest BCUT2D eigenvalue weighted by atomic mass is 32.2. The van der Waals surface area contributed by atoms with Gasteiger partial charge in [-0.1, -0.05) is 100 Å². The SMILES string of the molecule is CCCCCCCCCCC(=CS(=O)(=O)c1ccccc1)C(O)CCc1ccccc1. The van der Waals surface area contributed by atoms with Crippen molar-refractivity contribution in [2.24, 2.45) is 0 Å². The first-order chi connectivity index (χ1) is 15.0. The molecule has 2 rings (SSSR count). The second-order valence-electron chi connectivity index (χ2n) is 8.32. The number of aryl methyl sites for hydroxylation is 1. The highest BCUT2D eigenvalue weighted by Crippen LogP contribution is 2.22. The first kappa shape index (κ1) is 25.4. The molecule has 0 heterocycles. The molecular formula is C27H38O3S. The average Bonchev–Trinajstić information content (AvgIpc) is 2.79. The van der Waals surface area contributed by atoms with Gasteiger partial charge in [-0.05, 0) is 49.0 Å². The molecule has 0 bridgehead atoms. The lowest BCUT2D eigenvalue weighted by atomic mass is 9.98. The summed E-state index contributed by atoms with van der Waals surface area (Å²) in [5.41, 5.74) is 1.78. The molecule has 1 unspecified atom stereocenters. The topological polar surface area (TPSA) is 54.4 Å². The van der Waals surface area contributed by atoms with Gasteiger partial charge in [0.2, 0.25) is 0 Å². The van der Waals surface area contributed by atoms with Crippen LogP contribution in [-0.2, 0) is 16.3 Å². The minimum absolute atomic E-state index is 0.277. The van der Waals surface area contributed by atoms with Crippen molar-refractivity contribution in [2.75, 3.05) is 0 Å². The first-order valence-electron chi connectivity index (χ1n) is 11.8. The molecule has 4 heteroatoms. The molecule has 0 amide bonds. The van der Waals surface area contributed by atoms with Gasteiger partial charge in [-0.3, -0.25) is 0 Å². The second-order valence-corrected chi connectivity index (χ2v) is 10.1. The van der Waals surface area contributed by atoms with Crippen molar-refractivity contribution in [1.29, 1.82) is 0 Å². The molecule has 0 aliphatic carbocycles. The van der Waals surface area contributed by atoms with Gasteiger partial charge in [-0.15, -0.1) is 0 Å². The van der Waals surface area contributed by atoms with Crippen LogP contribution in [0, 0.1) is 0 Å². The van der Waals surface area contributed by atoms with Crippen LogP contribution in [0.3, 0.4) is 0 Å². The Morgan fingerprint density at radius 1 is 0.839 bits per heavy atom. The van der Waals surface area contributed by atoms with E-state index in [4.69, 9.17) is 0 Å². The third-order valence-corrected chi connectivity index (χ3v) is 7.22. The van der Waals surface area contributed by atoms with E-state index in [0.29, 0.717) is 18.4 Å². The summed E-state index contributed by atoms with van der Waals surface area (Å²) in [5, 5.41) is 12.2. The van der Waals surface area contributed by atoms with Gasteiger partial charge < -0.3 is 5.11 Å². The van der Waals surface area contributed by atoms with Crippen molar-refractivity contribution in [1.82, 2.24) is 0 Å². The maximum absolute atomic E-state index is 12.9. The van der Waals surface area contributed by atoms with Gasteiger partial charge in [0.25, 0.3) is 0 Å². The summed E-state index contributed by atoms with van der Waals surface area (Å²) in [6.07, 6.45) is 10.6. The Bertz CT molecular complexity index is 858. The van der Waals surface area contributed by atoms with Gasteiger partial charge in [-0.2, -0.15) is 0 Å². The predicted molar refractivity (Wildman–Crippen MR) is 130 cm³/mol. The maximum atomic E-state index is 12.9. The van der Waals surface area contributed by atoms with E-state index in [-0.39, 0.29) is 4.90 Å². The van der Waals surface area contributed by atoms with Crippen molar-refractivity contribution in [3.63, 3.8) is 0 Å². The molecule has 0 radical (unpaired) electrons. The van der Waals surface area contributed by atoms with Gasteiger partial charge in [0.15, 0.2) is 9.84 Å². The summed E-state index contributed by atoms with van der Waals surface area (Å²) < 4.78 is 25.7. The van der Waals surface area contributed by atoms with Crippen LogP contribution in [0.4, 0.5) is 0 Å². The molecule has 0 fully saturated rings. The number of sulfone groups is 1. The molecule has 0 aliphatic rings. The predicted octanol–water partition coefficient (Wildman–Crippen LogP) is 6.87. The monoisotopic (exact) mass is 442 g/mol. The number of benzene rings is 2.